The molecule has 0 aromatic heterocycles. The van der Waals surface area contributed by atoms with Gasteiger partial charge in [-0.3, -0.25) is 9.89 Å². The van der Waals surface area contributed by atoms with Crippen LogP contribution in [0.5, 0.6) is 0 Å². The van der Waals surface area contributed by atoms with Crippen LogP contribution in [0.25, 0.3) is 0 Å². The van der Waals surface area contributed by atoms with Crippen molar-refractivity contribution < 1.29 is 9.47 Å². The van der Waals surface area contributed by atoms with Gasteiger partial charge in [0.2, 0.25) is 0 Å². The van der Waals surface area contributed by atoms with Gasteiger partial charge in [-0.15, -0.1) is 24.0 Å². The maximum absolute atomic E-state index is 5.39. The van der Waals surface area contributed by atoms with E-state index in [1.807, 2.05) is 6.92 Å². The fourth-order valence-electron chi connectivity index (χ4n) is 2.55. The van der Waals surface area contributed by atoms with Gasteiger partial charge in [0.1, 0.15) is 0 Å². The zero-order valence-electron chi connectivity index (χ0n) is 15.7. The van der Waals surface area contributed by atoms with Crippen LogP contribution < -0.4 is 10.6 Å². The zero-order valence-corrected chi connectivity index (χ0v) is 18.0. The molecule has 0 aromatic rings. The van der Waals surface area contributed by atoms with E-state index >= 15 is 0 Å². The summed E-state index contributed by atoms with van der Waals surface area (Å²) in [7, 11) is 0. The molecule has 0 radical (unpaired) electrons. The number of morpholine rings is 1. The van der Waals surface area contributed by atoms with Gasteiger partial charge in [0.25, 0.3) is 0 Å². The Hall–Kier alpha value is -0.120. The van der Waals surface area contributed by atoms with Gasteiger partial charge in [-0.05, 0) is 32.6 Å². The van der Waals surface area contributed by atoms with E-state index in [9.17, 15) is 0 Å². The van der Waals surface area contributed by atoms with Crippen molar-refractivity contribution in [1.29, 1.82) is 0 Å². The molecular formula is C17H37IN4O2. The Morgan fingerprint density at radius 2 is 1.96 bits per heavy atom. The normalized spacial score (nSPS) is 17.2. The van der Waals surface area contributed by atoms with Crippen molar-refractivity contribution in [3.05, 3.63) is 0 Å². The van der Waals surface area contributed by atoms with Crippen LogP contribution in [-0.2, 0) is 9.47 Å². The zero-order chi connectivity index (χ0) is 16.8. The van der Waals surface area contributed by atoms with Gasteiger partial charge < -0.3 is 20.1 Å². The Kier molecular flexibility index (Phi) is 16.3. The topological polar surface area (TPSA) is 58.1 Å². The third kappa shape index (κ3) is 12.3. The highest BCUT2D eigenvalue weighted by atomic mass is 127. The molecule has 0 aromatic carbocycles. The van der Waals surface area contributed by atoms with E-state index in [4.69, 9.17) is 14.5 Å². The summed E-state index contributed by atoms with van der Waals surface area (Å²) in [5.41, 5.74) is 0. The number of ether oxygens (including phenoxy) is 2. The fraction of sp³-hybridized carbons (Fsp3) is 0.941. The maximum atomic E-state index is 5.39. The predicted molar refractivity (Wildman–Crippen MR) is 112 cm³/mol. The van der Waals surface area contributed by atoms with Crippen molar-refractivity contribution in [1.82, 2.24) is 15.5 Å². The molecule has 0 spiro atoms. The molecule has 1 aliphatic rings. The first-order chi connectivity index (χ1) is 11.3. The molecule has 1 rings (SSSR count). The number of halogens is 1. The van der Waals surface area contributed by atoms with Crippen LogP contribution in [0.3, 0.4) is 0 Å². The minimum absolute atomic E-state index is 0. The number of nitrogens with zero attached hydrogens (tertiary/aromatic N) is 2. The summed E-state index contributed by atoms with van der Waals surface area (Å²) in [4.78, 5) is 7.19. The van der Waals surface area contributed by atoms with Gasteiger partial charge in [-0.2, -0.15) is 0 Å². The molecule has 6 nitrogen and oxygen atoms in total. The molecule has 7 heteroatoms. The van der Waals surface area contributed by atoms with Gasteiger partial charge in [0, 0.05) is 52.5 Å². The van der Waals surface area contributed by atoms with E-state index in [1.54, 1.807) is 0 Å². The van der Waals surface area contributed by atoms with Crippen molar-refractivity contribution in [3.8, 4) is 0 Å². The lowest BCUT2D eigenvalue weighted by Gasteiger charge is -2.28. The van der Waals surface area contributed by atoms with E-state index in [2.05, 4.69) is 29.4 Å². The summed E-state index contributed by atoms with van der Waals surface area (Å²) in [6, 6.07) is 0. The fourth-order valence-corrected chi connectivity index (χ4v) is 2.55. The van der Waals surface area contributed by atoms with Crippen LogP contribution in [0, 0.1) is 5.92 Å². The molecule has 1 aliphatic heterocycles. The number of hydrogen-bond donors (Lipinski definition) is 2. The molecule has 1 atom stereocenters. The van der Waals surface area contributed by atoms with E-state index in [0.717, 1.165) is 84.5 Å². The number of nitrogens with one attached hydrogen (secondary N) is 2. The molecule has 1 fully saturated rings. The number of rotatable bonds is 11. The highest BCUT2D eigenvalue weighted by molar-refractivity contribution is 14.0. The molecule has 1 unspecified atom stereocenters. The number of guanidine groups is 1. The molecule has 0 amide bonds. The van der Waals surface area contributed by atoms with E-state index in [1.165, 1.54) is 0 Å². The van der Waals surface area contributed by atoms with Crippen molar-refractivity contribution in [3.63, 3.8) is 0 Å². The second-order valence-corrected chi connectivity index (χ2v) is 6.07. The van der Waals surface area contributed by atoms with E-state index in [0.29, 0.717) is 5.92 Å². The van der Waals surface area contributed by atoms with Crippen LogP contribution in [0.4, 0.5) is 0 Å². The van der Waals surface area contributed by atoms with E-state index in [-0.39, 0.29) is 24.0 Å². The van der Waals surface area contributed by atoms with Crippen molar-refractivity contribution in [2.45, 2.75) is 33.6 Å². The average Bonchev–Trinajstić information content (AvgIpc) is 2.56. The second kappa shape index (κ2) is 16.4. The molecule has 0 saturated carbocycles. The number of hydrogen-bond acceptors (Lipinski definition) is 4. The van der Waals surface area contributed by atoms with Gasteiger partial charge in [0.15, 0.2) is 5.96 Å². The van der Waals surface area contributed by atoms with Crippen LogP contribution in [0.1, 0.15) is 33.6 Å². The predicted octanol–water partition coefficient (Wildman–Crippen LogP) is 1.94. The molecule has 1 saturated heterocycles. The molecule has 144 valence electrons. The lowest BCUT2D eigenvalue weighted by atomic mass is 10.1. The Labute approximate surface area is 165 Å². The van der Waals surface area contributed by atoms with Crippen molar-refractivity contribution >= 4 is 29.9 Å². The largest absolute Gasteiger partial charge is 0.382 e. The minimum Gasteiger partial charge on any atom is -0.382 e. The minimum atomic E-state index is 0. The SMILES string of the molecule is CCNC(=NCC(C)CN1CCOCC1)NCCCCOCC.I. The van der Waals surface area contributed by atoms with Crippen molar-refractivity contribution in [2.75, 3.05) is 65.7 Å². The highest BCUT2D eigenvalue weighted by Gasteiger charge is 2.13. The third-order valence-corrected chi connectivity index (χ3v) is 3.79. The lowest BCUT2D eigenvalue weighted by Crippen LogP contribution is -2.40. The number of aliphatic imine (C=N–C) groups is 1. The summed E-state index contributed by atoms with van der Waals surface area (Å²) in [6.07, 6.45) is 2.20. The molecule has 1 heterocycles. The Morgan fingerprint density at radius 3 is 2.62 bits per heavy atom. The molecule has 2 N–H and O–H groups in total. The van der Waals surface area contributed by atoms with Gasteiger partial charge in [-0.1, -0.05) is 6.92 Å². The smallest absolute Gasteiger partial charge is 0.191 e. The third-order valence-electron chi connectivity index (χ3n) is 3.79. The van der Waals surface area contributed by atoms with E-state index < -0.39 is 0 Å². The first kappa shape index (κ1) is 23.9. The monoisotopic (exact) mass is 456 g/mol. The molecular weight excluding hydrogens is 419 g/mol. The summed E-state index contributed by atoms with van der Waals surface area (Å²) in [6.45, 7) is 15.7. The van der Waals surface area contributed by atoms with Crippen LogP contribution in [0.15, 0.2) is 4.99 Å². The summed E-state index contributed by atoms with van der Waals surface area (Å²) in [5, 5.41) is 6.72. The second-order valence-electron chi connectivity index (χ2n) is 6.07. The maximum Gasteiger partial charge on any atom is 0.191 e. The van der Waals surface area contributed by atoms with Crippen molar-refractivity contribution in [2.24, 2.45) is 10.9 Å². The Morgan fingerprint density at radius 1 is 1.21 bits per heavy atom. The van der Waals surface area contributed by atoms with Gasteiger partial charge >= 0.3 is 0 Å². The first-order valence-corrected chi connectivity index (χ1v) is 9.16. The summed E-state index contributed by atoms with van der Waals surface area (Å²) in [5.74, 6) is 1.49. The molecule has 0 bridgehead atoms. The number of unbranched alkanes of at least 4 members (excludes halogenated alkanes) is 1. The summed E-state index contributed by atoms with van der Waals surface area (Å²) >= 11 is 0. The van der Waals surface area contributed by atoms with Gasteiger partial charge in [0.05, 0.1) is 13.2 Å². The highest BCUT2D eigenvalue weighted by Crippen LogP contribution is 2.03. The first-order valence-electron chi connectivity index (χ1n) is 9.16. The lowest BCUT2D eigenvalue weighted by molar-refractivity contribution is 0.0323. The summed E-state index contributed by atoms with van der Waals surface area (Å²) < 4.78 is 10.7. The molecule has 24 heavy (non-hydrogen) atoms. The van der Waals surface area contributed by atoms with Gasteiger partial charge in [-0.25, -0.2) is 0 Å². The molecule has 0 aliphatic carbocycles. The van der Waals surface area contributed by atoms with Crippen LogP contribution >= 0.6 is 24.0 Å². The average molecular weight is 456 g/mol. The van der Waals surface area contributed by atoms with Crippen LogP contribution in [-0.4, -0.2) is 76.6 Å². The Bertz CT molecular complexity index is 313. The quantitative estimate of drug-likeness (QED) is 0.216. The Balaban J connectivity index is 0.00000529. The standard InChI is InChI=1S/C17H36N4O2.HI/c1-4-18-17(19-8-6-7-11-22-5-2)20-14-16(3)15-21-9-12-23-13-10-21;/h16H,4-15H2,1-3H3,(H2,18,19,20);1H. The van der Waals surface area contributed by atoms with Crippen LogP contribution in [0.2, 0.25) is 0 Å².